The van der Waals surface area contributed by atoms with Gasteiger partial charge in [-0.15, -0.1) is 11.8 Å². The number of benzene rings is 2. The Kier molecular flexibility index (Phi) is 4.68. The van der Waals surface area contributed by atoms with Crippen molar-refractivity contribution in [3.8, 4) is 5.75 Å². The van der Waals surface area contributed by atoms with Gasteiger partial charge in [-0.3, -0.25) is 4.79 Å². The Hall–Kier alpha value is -1.94. The lowest BCUT2D eigenvalue weighted by Crippen LogP contribution is -2.16. The fourth-order valence-corrected chi connectivity index (χ4v) is 3.80. The maximum absolute atomic E-state index is 11.3. The number of hydrogen-bond donors (Lipinski definition) is 1. The molecule has 0 saturated carbocycles. The lowest BCUT2D eigenvalue weighted by Gasteiger charge is -2.22. The van der Waals surface area contributed by atoms with Crippen LogP contribution < -0.4 is 4.74 Å². The van der Waals surface area contributed by atoms with Gasteiger partial charge < -0.3 is 9.84 Å². The summed E-state index contributed by atoms with van der Waals surface area (Å²) in [6.45, 7) is 0.621. The summed E-state index contributed by atoms with van der Waals surface area (Å²) >= 11 is 1.71. The quantitative estimate of drug-likeness (QED) is 0.907. The molecule has 3 rings (SSSR count). The molecule has 22 heavy (non-hydrogen) atoms. The third-order valence-corrected chi connectivity index (χ3v) is 4.93. The fourth-order valence-electron chi connectivity index (χ4n) is 2.65. The summed E-state index contributed by atoms with van der Waals surface area (Å²) in [5, 5.41) is 9.28. The van der Waals surface area contributed by atoms with Gasteiger partial charge in [0.25, 0.3) is 0 Å². The SMILES string of the molecule is O=C(O)C1CCSc2cc(OCCc3ccccc3)ccc21. The highest BCUT2D eigenvalue weighted by Gasteiger charge is 2.26. The summed E-state index contributed by atoms with van der Waals surface area (Å²) in [4.78, 5) is 12.3. The van der Waals surface area contributed by atoms with Gasteiger partial charge in [-0.2, -0.15) is 0 Å². The Labute approximate surface area is 134 Å². The Morgan fingerprint density at radius 2 is 2.05 bits per heavy atom. The van der Waals surface area contributed by atoms with Crippen LogP contribution in [0.3, 0.4) is 0 Å². The first-order chi connectivity index (χ1) is 10.7. The average molecular weight is 314 g/mol. The minimum Gasteiger partial charge on any atom is -0.493 e. The first-order valence-corrected chi connectivity index (χ1v) is 8.39. The molecule has 0 fully saturated rings. The van der Waals surface area contributed by atoms with Crippen molar-refractivity contribution >= 4 is 17.7 Å². The van der Waals surface area contributed by atoms with E-state index in [1.54, 1.807) is 11.8 Å². The van der Waals surface area contributed by atoms with Gasteiger partial charge >= 0.3 is 5.97 Å². The lowest BCUT2D eigenvalue weighted by atomic mass is 9.96. The molecule has 1 atom stereocenters. The zero-order valence-electron chi connectivity index (χ0n) is 12.2. The van der Waals surface area contributed by atoms with Gasteiger partial charge in [0, 0.05) is 11.3 Å². The molecular formula is C18H18O3S. The van der Waals surface area contributed by atoms with Crippen molar-refractivity contribution in [2.24, 2.45) is 0 Å². The molecule has 0 saturated heterocycles. The number of hydrogen-bond acceptors (Lipinski definition) is 3. The van der Waals surface area contributed by atoms with E-state index in [0.717, 1.165) is 28.4 Å². The third kappa shape index (κ3) is 3.45. The second kappa shape index (κ2) is 6.88. The van der Waals surface area contributed by atoms with Crippen molar-refractivity contribution in [3.63, 3.8) is 0 Å². The Morgan fingerprint density at radius 3 is 2.82 bits per heavy atom. The molecule has 1 aliphatic rings. The predicted octanol–water partition coefficient (Wildman–Crippen LogP) is 3.97. The van der Waals surface area contributed by atoms with E-state index in [1.807, 2.05) is 36.4 Å². The maximum Gasteiger partial charge on any atom is 0.311 e. The van der Waals surface area contributed by atoms with Crippen molar-refractivity contribution in [2.45, 2.75) is 23.7 Å². The van der Waals surface area contributed by atoms with Gasteiger partial charge in [0.15, 0.2) is 0 Å². The van der Waals surface area contributed by atoms with Crippen LogP contribution in [0, 0.1) is 0 Å². The van der Waals surface area contributed by atoms with Crippen LogP contribution in [0.5, 0.6) is 5.75 Å². The molecule has 0 aromatic heterocycles. The molecule has 0 bridgehead atoms. The molecule has 2 aromatic carbocycles. The number of carboxylic acids is 1. The topological polar surface area (TPSA) is 46.5 Å². The van der Waals surface area contributed by atoms with Crippen LogP contribution in [0.2, 0.25) is 0 Å². The molecule has 114 valence electrons. The van der Waals surface area contributed by atoms with Gasteiger partial charge in [0.05, 0.1) is 12.5 Å². The Morgan fingerprint density at radius 1 is 1.23 bits per heavy atom. The van der Waals surface area contributed by atoms with Crippen LogP contribution in [-0.2, 0) is 11.2 Å². The van der Waals surface area contributed by atoms with E-state index in [2.05, 4.69) is 12.1 Å². The number of carbonyl (C=O) groups is 1. The molecule has 3 nitrogen and oxygen atoms in total. The van der Waals surface area contributed by atoms with Crippen molar-refractivity contribution in [1.29, 1.82) is 0 Å². The van der Waals surface area contributed by atoms with E-state index >= 15 is 0 Å². The van der Waals surface area contributed by atoms with E-state index < -0.39 is 5.97 Å². The largest absolute Gasteiger partial charge is 0.493 e. The second-order valence-electron chi connectivity index (χ2n) is 5.31. The first kappa shape index (κ1) is 15.0. The van der Waals surface area contributed by atoms with Gasteiger partial charge in [0.1, 0.15) is 5.75 Å². The van der Waals surface area contributed by atoms with E-state index in [-0.39, 0.29) is 5.92 Å². The maximum atomic E-state index is 11.3. The van der Waals surface area contributed by atoms with Crippen molar-refractivity contribution in [3.05, 3.63) is 59.7 Å². The van der Waals surface area contributed by atoms with Crippen molar-refractivity contribution in [2.75, 3.05) is 12.4 Å². The van der Waals surface area contributed by atoms with Crippen LogP contribution >= 0.6 is 11.8 Å². The third-order valence-electron chi connectivity index (χ3n) is 3.82. The highest BCUT2D eigenvalue weighted by Crippen LogP contribution is 2.39. The van der Waals surface area contributed by atoms with E-state index in [4.69, 9.17) is 4.74 Å². The zero-order valence-corrected chi connectivity index (χ0v) is 13.0. The summed E-state index contributed by atoms with van der Waals surface area (Å²) in [6.07, 6.45) is 1.56. The predicted molar refractivity (Wildman–Crippen MR) is 87.8 cm³/mol. The first-order valence-electron chi connectivity index (χ1n) is 7.40. The molecule has 1 heterocycles. The fraction of sp³-hybridized carbons (Fsp3) is 0.278. The summed E-state index contributed by atoms with van der Waals surface area (Å²) in [5.74, 6) is 0.541. The number of ether oxygens (including phenoxy) is 1. The minimum absolute atomic E-state index is 0.380. The number of aliphatic carboxylic acids is 1. The van der Waals surface area contributed by atoms with Gasteiger partial charge in [0.2, 0.25) is 0 Å². The minimum atomic E-state index is -0.737. The molecule has 0 radical (unpaired) electrons. The van der Waals surface area contributed by atoms with E-state index in [0.29, 0.717) is 13.0 Å². The smallest absolute Gasteiger partial charge is 0.311 e. The van der Waals surface area contributed by atoms with Crippen molar-refractivity contribution in [1.82, 2.24) is 0 Å². The van der Waals surface area contributed by atoms with Gasteiger partial charge in [-0.1, -0.05) is 36.4 Å². The number of rotatable bonds is 5. The molecule has 0 spiro atoms. The van der Waals surface area contributed by atoms with E-state index in [1.165, 1.54) is 5.56 Å². The van der Waals surface area contributed by atoms with Crippen LogP contribution in [-0.4, -0.2) is 23.4 Å². The Bertz CT molecular complexity index is 655. The number of fused-ring (bicyclic) bond motifs is 1. The molecule has 1 aliphatic heterocycles. The zero-order chi connectivity index (χ0) is 15.4. The molecule has 4 heteroatoms. The summed E-state index contributed by atoms with van der Waals surface area (Å²) in [7, 11) is 0. The monoisotopic (exact) mass is 314 g/mol. The van der Waals surface area contributed by atoms with Crippen LogP contribution in [0.25, 0.3) is 0 Å². The van der Waals surface area contributed by atoms with Crippen LogP contribution in [0.4, 0.5) is 0 Å². The highest BCUT2D eigenvalue weighted by molar-refractivity contribution is 7.99. The number of thioether (sulfide) groups is 1. The molecule has 0 aliphatic carbocycles. The summed E-state index contributed by atoms with van der Waals surface area (Å²) in [5.41, 5.74) is 2.17. The molecule has 0 amide bonds. The Balaban J connectivity index is 1.65. The molecular weight excluding hydrogens is 296 g/mol. The lowest BCUT2D eigenvalue weighted by molar-refractivity contribution is -0.138. The molecule has 2 aromatic rings. The molecule has 1 unspecified atom stereocenters. The van der Waals surface area contributed by atoms with Gasteiger partial charge in [-0.05, 0) is 35.4 Å². The van der Waals surface area contributed by atoms with Crippen LogP contribution in [0.15, 0.2) is 53.4 Å². The molecule has 1 N–H and O–H groups in total. The second-order valence-corrected chi connectivity index (χ2v) is 6.45. The average Bonchev–Trinajstić information content (AvgIpc) is 2.55. The summed E-state index contributed by atoms with van der Waals surface area (Å²) in [6, 6.07) is 16.0. The standard InChI is InChI=1S/C18H18O3S/c19-18(20)16-9-11-22-17-12-14(6-7-15(16)17)21-10-8-13-4-2-1-3-5-13/h1-7,12,16H,8-11H2,(H,19,20). The van der Waals surface area contributed by atoms with E-state index in [9.17, 15) is 9.90 Å². The highest BCUT2D eigenvalue weighted by atomic mass is 32.2. The normalized spacial score (nSPS) is 16.8. The number of carboxylic acid groups (broad SMARTS) is 1. The van der Waals surface area contributed by atoms with Crippen molar-refractivity contribution < 1.29 is 14.6 Å². The van der Waals surface area contributed by atoms with Gasteiger partial charge in [-0.25, -0.2) is 0 Å². The summed E-state index contributed by atoms with van der Waals surface area (Å²) < 4.78 is 5.81. The van der Waals surface area contributed by atoms with Crippen LogP contribution in [0.1, 0.15) is 23.5 Å².